The van der Waals surface area contributed by atoms with Crippen molar-refractivity contribution in [3.8, 4) is 16.8 Å². The first-order valence-electron chi connectivity index (χ1n) is 18.3. The SMILES string of the molecule is c1ccc(C(c2ccc(-c3ccc4ccccc4c3)cc2)c2ccc(-n3c4ccccc4c4cc5sc6ccccc6c5cc43)c3ccccc23)cc1. The molecule has 1 unspecified atom stereocenters. The fourth-order valence-corrected chi connectivity index (χ4v) is 9.76. The van der Waals surface area contributed by atoms with Gasteiger partial charge in [0.2, 0.25) is 0 Å². The van der Waals surface area contributed by atoms with E-state index in [1.807, 2.05) is 11.3 Å². The highest BCUT2D eigenvalue weighted by Gasteiger charge is 2.22. The molecule has 0 aliphatic heterocycles. The van der Waals surface area contributed by atoms with Crippen molar-refractivity contribution in [2.75, 3.05) is 0 Å². The number of fused-ring (bicyclic) bond motifs is 8. The van der Waals surface area contributed by atoms with E-state index < -0.39 is 0 Å². The van der Waals surface area contributed by atoms with Gasteiger partial charge in [0.1, 0.15) is 0 Å². The smallest absolute Gasteiger partial charge is 0.0548 e. The highest BCUT2D eigenvalue weighted by atomic mass is 32.1. The molecule has 0 bridgehead atoms. The lowest BCUT2D eigenvalue weighted by Crippen LogP contribution is -2.06. The van der Waals surface area contributed by atoms with Gasteiger partial charge in [-0.3, -0.25) is 0 Å². The molecule has 1 nitrogen and oxygen atoms in total. The maximum Gasteiger partial charge on any atom is 0.0548 e. The summed E-state index contributed by atoms with van der Waals surface area (Å²) in [5.74, 6) is 0.0655. The summed E-state index contributed by atoms with van der Waals surface area (Å²) in [7, 11) is 0. The highest BCUT2D eigenvalue weighted by molar-refractivity contribution is 7.25. The van der Waals surface area contributed by atoms with Gasteiger partial charge in [0, 0.05) is 42.2 Å². The lowest BCUT2D eigenvalue weighted by atomic mass is 9.82. The zero-order chi connectivity index (χ0) is 34.9. The lowest BCUT2D eigenvalue weighted by Gasteiger charge is -2.23. The second-order valence-corrected chi connectivity index (χ2v) is 15.1. The number of thiophene rings is 1. The zero-order valence-electron chi connectivity index (χ0n) is 28.9. The standard InChI is InChI=1S/C51H33NS/c1-2-13-35(14-3-1)51(36-25-22-34(23-26-36)38-27-24-33-12-4-5-15-37(33)30-38)43-28-29-47(40-17-7-6-16-39(40)43)52-46-20-10-8-18-41(46)44-32-50-45(31-48(44)52)42-19-9-11-21-49(42)53-50/h1-32,51H. The molecule has 2 heteroatoms. The van der Waals surface area contributed by atoms with Crippen molar-refractivity contribution in [1.82, 2.24) is 4.57 Å². The summed E-state index contributed by atoms with van der Waals surface area (Å²) in [6, 6.07) is 71.8. The normalized spacial score (nSPS) is 12.5. The van der Waals surface area contributed by atoms with Gasteiger partial charge in [-0.15, -0.1) is 11.3 Å². The average molecular weight is 692 g/mol. The summed E-state index contributed by atoms with van der Waals surface area (Å²) in [4.78, 5) is 0. The number of para-hydroxylation sites is 1. The number of aromatic nitrogens is 1. The fraction of sp³-hybridized carbons (Fsp3) is 0.0196. The molecule has 1 atom stereocenters. The van der Waals surface area contributed by atoms with Gasteiger partial charge in [0.25, 0.3) is 0 Å². The van der Waals surface area contributed by atoms with Crippen molar-refractivity contribution in [2.24, 2.45) is 0 Å². The van der Waals surface area contributed by atoms with Gasteiger partial charge in [-0.2, -0.15) is 0 Å². The molecular formula is C51H33NS. The molecule has 0 spiro atoms. The molecule has 0 aliphatic carbocycles. The maximum atomic E-state index is 2.50. The molecule has 11 aromatic rings. The van der Waals surface area contributed by atoms with Crippen LogP contribution in [0.2, 0.25) is 0 Å². The minimum Gasteiger partial charge on any atom is -0.309 e. The van der Waals surface area contributed by atoms with Crippen LogP contribution >= 0.6 is 11.3 Å². The Labute approximate surface area is 311 Å². The van der Waals surface area contributed by atoms with Crippen molar-refractivity contribution >= 4 is 74.9 Å². The maximum absolute atomic E-state index is 2.50. The molecule has 0 saturated carbocycles. The Morgan fingerprint density at radius 3 is 1.87 bits per heavy atom. The molecule has 9 aromatic carbocycles. The highest BCUT2D eigenvalue weighted by Crippen LogP contribution is 2.43. The van der Waals surface area contributed by atoms with Crippen LogP contribution in [0.3, 0.4) is 0 Å². The van der Waals surface area contributed by atoms with E-state index in [0.29, 0.717) is 0 Å². The lowest BCUT2D eigenvalue weighted by molar-refractivity contribution is 0.988. The van der Waals surface area contributed by atoms with Gasteiger partial charge >= 0.3 is 0 Å². The van der Waals surface area contributed by atoms with Crippen LogP contribution in [0, 0.1) is 0 Å². The minimum absolute atomic E-state index is 0.0655. The Kier molecular flexibility index (Phi) is 6.86. The van der Waals surface area contributed by atoms with E-state index >= 15 is 0 Å². The first kappa shape index (κ1) is 30.2. The van der Waals surface area contributed by atoms with Gasteiger partial charge in [0.05, 0.1) is 16.7 Å². The van der Waals surface area contributed by atoms with Crippen LogP contribution in [0.15, 0.2) is 194 Å². The average Bonchev–Trinajstić information content (AvgIpc) is 3.75. The predicted octanol–water partition coefficient (Wildman–Crippen LogP) is 14.3. The van der Waals surface area contributed by atoms with Crippen LogP contribution in [0.25, 0.3) is 80.3 Å². The van der Waals surface area contributed by atoms with Crippen molar-refractivity contribution < 1.29 is 0 Å². The van der Waals surface area contributed by atoms with Crippen LogP contribution in [-0.2, 0) is 0 Å². The molecule has 2 heterocycles. The number of rotatable bonds is 5. The largest absolute Gasteiger partial charge is 0.309 e. The van der Waals surface area contributed by atoms with Crippen molar-refractivity contribution in [3.05, 3.63) is 211 Å². The molecule has 0 N–H and O–H groups in total. The summed E-state index contributed by atoms with van der Waals surface area (Å²) in [6.45, 7) is 0. The van der Waals surface area contributed by atoms with Crippen LogP contribution in [-0.4, -0.2) is 4.57 Å². The number of nitrogens with zero attached hydrogens (tertiary/aromatic N) is 1. The summed E-state index contributed by atoms with van der Waals surface area (Å²) in [5.41, 5.74) is 10.0. The molecule has 53 heavy (non-hydrogen) atoms. The van der Waals surface area contributed by atoms with E-state index in [9.17, 15) is 0 Å². The monoisotopic (exact) mass is 691 g/mol. The van der Waals surface area contributed by atoms with Crippen molar-refractivity contribution in [1.29, 1.82) is 0 Å². The number of hydrogen-bond acceptors (Lipinski definition) is 1. The van der Waals surface area contributed by atoms with Gasteiger partial charge in [-0.1, -0.05) is 158 Å². The molecule has 0 fully saturated rings. The Bertz CT molecular complexity index is 3170. The third-order valence-electron chi connectivity index (χ3n) is 11.1. The number of benzene rings is 9. The zero-order valence-corrected chi connectivity index (χ0v) is 29.7. The first-order chi connectivity index (χ1) is 26.3. The van der Waals surface area contributed by atoms with Crippen LogP contribution in [0.5, 0.6) is 0 Å². The predicted molar refractivity (Wildman–Crippen MR) is 228 cm³/mol. The summed E-state index contributed by atoms with van der Waals surface area (Å²) in [5, 5.41) is 10.3. The molecule has 0 aliphatic rings. The van der Waals surface area contributed by atoms with Crippen LogP contribution in [0.4, 0.5) is 0 Å². The Morgan fingerprint density at radius 2 is 1.02 bits per heavy atom. The molecule has 11 rings (SSSR count). The fourth-order valence-electron chi connectivity index (χ4n) is 8.63. The molecule has 2 aromatic heterocycles. The van der Waals surface area contributed by atoms with Gasteiger partial charge < -0.3 is 4.57 Å². The quantitative estimate of drug-likeness (QED) is 0.158. The topological polar surface area (TPSA) is 4.93 Å². The Balaban J connectivity index is 1.11. The van der Waals surface area contributed by atoms with Crippen LogP contribution < -0.4 is 0 Å². The Morgan fingerprint density at radius 1 is 0.358 bits per heavy atom. The second kappa shape index (κ2) is 12.1. The molecule has 0 saturated heterocycles. The summed E-state index contributed by atoms with van der Waals surface area (Å²) < 4.78 is 5.16. The molecular weight excluding hydrogens is 659 g/mol. The van der Waals surface area contributed by atoms with E-state index in [4.69, 9.17) is 0 Å². The first-order valence-corrected chi connectivity index (χ1v) is 19.1. The van der Waals surface area contributed by atoms with E-state index in [1.54, 1.807) is 0 Å². The van der Waals surface area contributed by atoms with E-state index in [1.165, 1.54) is 97.0 Å². The molecule has 0 amide bonds. The molecule has 0 radical (unpaired) electrons. The minimum atomic E-state index is 0.0655. The van der Waals surface area contributed by atoms with Gasteiger partial charge in [-0.25, -0.2) is 0 Å². The summed E-state index contributed by atoms with van der Waals surface area (Å²) >= 11 is 1.88. The van der Waals surface area contributed by atoms with E-state index in [2.05, 4.69) is 199 Å². The van der Waals surface area contributed by atoms with Gasteiger partial charge in [-0.05, 0) is 80.4 Å². The third-order valence-corrected chi connectivity index (χ3v) is 12.3. The Hall–Kier alpha value is -6.48. The van der Waals surface area contributed by atoms with Crippen LogP contribution in [0.1, 0.15) is 22.6 Å². The van der Waals surface area contributed by atoms with E-state index in [-0.39, 0.29) is 5.92 Å². The summed E-state index contributed by atoms with van der Waals surface area (Å²) in [6.07, 6.45) is 0. The second-order valence-electron chi connectivity index (χ2n) is 14.1. The molecule has 248 valence electrons. The van der Waals surface area contributed by atoms with Gasteiger partial charge in [0.15, 0.2) is 0 Å². The number of hydrogen-bond donors (Lipinski definition) is 0. The van der Waals surface area contributed by atoms with E-state index in [0.717, 1.165) is 0 Å². The van der Waals surface area contributed by atoms with Crippen molar-refractivity contribution in [3.63, 3.8) is 0 Å². The van der Waals surface area contributed by atoms with Crippen molar-refractivity contribution in [2.45, 2.75) is 5.92 Å². The third kappa shape index (κ3) is 4.84.